The molecular formula is C8H12O2. The van der Waals surface area contributed by atoms with Gasteiger partial charge in [0.15, 0.2) is 6.29 Å². The van der Waals surface area contributed by atoms with Crippen LogP contribution in [0.5, 0.6) is 0 Å². The van der Waals surface area contributed by atoms with Crippen molar-refractivity contribution in [3.05, 3.63) is 0 Å². The minimum atomic E-state index is -0.0391. The largest absolute Gasteiger partial charge is 0.350 e. The molecule has 0 spiro atoms. The lowest BCUT2D eigenvalue weighted by molar-refractivity contribution is -0.0429. The van der Waals surface area contributed by atoms with E-state index in [1.54, 1.807) is 0 Å². The zero-order chi connectivity index (χ0) is 7.40. The molecule has 1 saturated heterocycles. The lowest BCUT2D eigenvalue weighted by Crippen LogP contribution is -2.09. The van der Waals surface area contributed by atoms with Crippen molar-refractivity contribution in [2.24, 2.45) is 0 Å². The Balaban J connectivity index is 2.14. The third-order valence-corrected chi connectivity index (χ3v) is 1.51. The molecule has 1 rings (SSSR count). The second-order valence-corrected chi connectivity index (χ2v) is 2.40. The van der Waals surface area contributed by atoms with E-state index in [1.165, 1.54) is 0 Å². The molecular weight excluding hydrogens is 128 g/mol. The molecule has 2 atom stereocenters. The summed E-state index contributed by atoms with van der Waals surface area (Å²) in [6, 6.07) is 0. The molecule has 0 amide bonds. The Bertz CT molecular complexity index is 137. The molecule has 0 bridgehead atoms. The van der Waals surface area contributed by atoms with E-state index in [1.807, 2.05) is 6.92 Å². The summed E-state index contributed by atoms with van der Waals surface area (Å²) in [4.78, 5) is 0. The van der Waals surface area contributed by atoms with Crippen LogP contribution in [-0.2, 0) is 9.47 Å². The van der Waals surface area contributed by atoms with Crippen molar-refractivity contribution in [3.63, 3.8) is 0 Å². The van der Waals surface area contributed by atoms with Crippen LogP contribution in [-0.4, -0.2) is 19.0 Å². The minimum Gasteiger partial charge on any atom is -0.350 e. The Hall–Kier alpha value is -0.520. The highest BCUT2D eigenvalue weighted by Gasteiger charge is 2.20. The molecule has 0 saturated carbocycles. The van der Waals surface area contributed by atoms with Crippen molar-refractivity contribution in [1.29, 1.82) is 0 Å². The molecule has 2 heteroatoms. The fourth-order valence-electron chi connectivity index (χ4n) is 0.988. The van der Waals surface area contributed by atoms with Gasteiger partial charge in [0.1, 0.15) is 0 Å². The molecule has 0 N–H and O–H groups in total. The number of ether oxygens (including phenoxy) is 2. The third-order valence-electron chi connectivity index (χ3n) is 1.51. The first-order valence-electron chi connectivity index (χ1n) is 3.53. The number of hydrogen-bond acceptors (Lipinski definition) is 2. The average molecular weight is 140 g/mol. The molecule has 1 aliphatic heterocycles. The van der Waals surface area contributed by atoms with Crippen LogP contribution in [0.1, 0.15) is 19.8 Å². The Morgan fingerprint density at radius 2 is 2.50 bits per heavy atom. The molecule has 0 aliphatic carbocycles. The van der Waals surface area contributed by atoms with Gasteiger partial charge in [0.05, 0.1) is 12.7 Å². The van der Waals surface area contributed by atoms with E-state index >= 15 is 0 Å². The van der Waals surface area contributed by atoms with Crippen LogP contribution in [0, 0.1) is 12.3 Å². The van der Waals surface area contributed by atoms with Gasteiger partial charge in [0, 0.05) is 6.42 Å². The number of hydrogen-bond donors (Lipinski definition) is 0. The van der Waals surface area contributed by atoms with Gasteiger partial charge < -0.3 is 9.47 Å². The zero-order valence-corrected chi connectivity index (χ0v) is 6.17. The van der Waals surface area contributed by atoms with Gasteiger partial charge in [-0.05, 0) is 13.3 Å². The van der Waals surface area contributed by atoms with Crippen molar-refractivity contribution < 1.29 is 9.47 Å². The van der Waals surface area contributed by atoms with Gasteiger partial charge in [0.25, 0.3) is 0 Å². The predicted molar refractivity (Wildman–Crippen MR) is 38.4 cm³/mol. The highest BCUT2D eigenvalue weighted by Crippen LogP contribution is 2.14. The van der Waals surface area contributed by atoms with Crippen LogP contribution in [0.25, 0.3) is 0 Å². The SMILES string of the molecule is C#CCC[C@H]1COC(C)O1. The molecule has 2 nitrogen and oxygen atoms in total. The fraction of sp³-hybridized carbons (Fsp3) is 0.750. The van der Waals surface area contributed by atoms with E-state index in [-0.39, 0.29) is 12.4 Å². The van der Waals surface area contributed by atoms with E-state index in [4.69, 9.17) is 15.9 Å². The summed E-state index contributed by atoms with van der Waals surface area (Å²) in [7, 11) is 0. The van der Waals surface area contributed by atoms with Crippen molar-refractivity contribution in [2.75, 3.05) is 6.61 Å². The molecule has 56 valence electrons. The maximum atomic E-state index is 5.35. The van der Waals surface area contributed by atoms with Crippen LogP contribution in [0.15, 0.2) is 0 Å². The smallest absolute Gasteiger partial charge is 0.155 e. The van der Waals surface area contributed by atoms with Crippen molar-refractivity contribution in [3.8, 4) is 12.3 Å². The standard InChI is InChI=1S/C8H12O2/c1-3-4-5-8-6-9-7(2)10-8/h1,7-8H,4-6H2,2H3/t7?,8-/m0/s1. The normalized spacial score (nSPS) is 32.0. The summed E-state index contributed by atoms with van der Waals surface area (Å²) < 4.78 is 10.5. The van der Waals surface area contributed by atoms with Crippen molar-refractivity contribution >= 4 is 0 Å². The molecule has 1 heterocycles. The second-order valence-electron chi connectivity index (χ2n) is 2.40. The van der Waals surface area contributed by atoms with Crippen LogP contribution < -0.4 is 0 Å². The summed E-state index contributed by atoms with van der Waals surface area (Å²) in [5.41, 5.74) is 0. The van der Waals surface area contributed by atoms with Gasteiger partial charge in [0.2, 0.25) is 0 Å². The van der Waals surface area contributed by atoms with Gasteiger partial charge in [-0.15, -0.1) is 12.3 Å². The van der Waals surface area contributed by atoms with Crippen molar-refractivity contribution in [2.45, 2.75) is 32.2 Å². The lowest BCUT2D eigenvalue weighted by Gasteiger charge is -2.04. The first-order chi connectivity index (χ1) is 4.83. The van der Waals surface area contributed by atoms with Gasteiger partial charge in [-0.1, -0.05) is 0 Å². The van der Waals surface area contributed by atoms with E-state index in [9.17, 15) is 0 Å². The molecule has 0 aromatic carbocycles. The topological polar surface area (TPSA) is 18.5 Å². The highest BCUT2D eigenvalue weighted by atomic mass is 16.7. The van der Waals surface area contributed by atoms with Crippen LogP contribution >= 0.6 is 0 Å². The molecule has 1 fully saturated rings. The summed E-state index contributed by atoms with van der Waals surface area (Å²) in [6.45, 7) is 2.60. The quantitative estimate of drug-likeness (QED) is 0.536. The zero-order valence-electron chi connectivity index (χ0n) is 6.17. The first-order valence-corrected chi connectivity index (χ1v) is 3.53. The monoisotopic (exact) mass is 140 g/mol. The second kappa shape index (κ2) is 3.60. The molecule has 1 unspecified atom stereocenters. The van der Waals surface area contributed by atoms with Gasteiger partial charge in [-0.25, -0.2) is 0 Å². The summed E-state index contributed by atoms with van der Waals surface area (Å²) >= 11 is 0. The highest BCUT2D eigenvalue weighted by molar-refractivity contribution is 4.85. The van der Waals surface area contributed by atoms with Gasteiger partial charge in [-0.3, -0.25) is 0 Å². The molecule has 0 aromatic heterocycles. The maximum absolute atomic E-state index is 5.35. The average Bonchev–Trinajstić information content (AvgIpc) is 2.31. The lowest BCUT2D eigenvalue weighted by atomic mass is 10.2. The van der Waals surface area contributed by atoms with E-state index in [2.05, 4.69) is 5.92 Å². The van der Waals surface area contributed by atoms with Crippen LogP contribution in [0.2, 0.25) is 0 Å². The molecule has 0 radical (unpaired) electrons. The Morgan fingerprint density at radius 1 is 1.70 bits per heavy atom. The van der Waals surface area contributed by atoms with Crippen LogP contribution in [0.3, 0.4) is 0 Å². The van der Waals surface area contributed by atoms with Gasteiger partial charge >= 0.3 is 0 Å². The summed E-state index contributed by atoms with van der Waals surface area (Å²) in [6.07, 6.45) is 6.98. The van der Waals surface area contributed by atoms with Crippen molar-refractivity contribution in [1.82, 2.24) is 0 Å². The summed E-state index contributed by atoms with van der Waals surface area (Å²) in [5, 5.41) is 0. The molecule has 1 aliphatic rings. The predicted octanol–water partition coefficient (Wildman–Crippen LogP) is 1.16. The molecule has 0 aromatic rings. The maximum Gasteiger partial charge on any atom is 0.155 e. The molecule has 10 heavy (non-hydrogen) atoms. The third kappa shape index (κ3) is 2.02. The van der Waals surface area contributed by atoms with E-state index in [0.717, 1.165) is 12.8 Å². The van der Waals surface area contributed by atoms with E-state index in [0.29, 0.717) is 6.61 Å². The Kier molecular flexibility index (Phi) is 2.73. The van der Waals surface area contributed by atoms with Crippen LogP contribution in [0.4, 0.5) is 0 Å². The Labute approximate surface area is 61.5 Å². The minimum absolute atomic E-state index is 0.0391. The fourth-order valence-corrected chi connectivity index (χ4v) is 0.988. The van der Waals surface area contributed by atoms with E-state index < -0.39 is 0 Å². The Morgan fingerprint density at radius 3 is 3.00 bits per heavy atom. The number of terminal acetylenes is 1. The number of rotatable bonds is 2. The first kappa shape index (κ1) is 7.59. The van der Waals surface area contributed by atoms with Gasteiger partial charge in [-0.2, -0.15) is 0 Å². The summed E-state index contributed by atoms with van der Waals surface area (Å²) in [5.74, 6) is 2.57.